The molecule has 1 aromatic rings. The summed E-state index contributed by atoms with van der Waals surface area (Å²) in [5.74, 6) is 0.415. The summed E-state index contributed by atoms with van der Waals surface area (Å²) < 4.78 is 4.72. The molecule has 0 fully saturated rings. The fourth-order valence-corrected chi connectivity index (χ4v) is 2.35. The minimum Gasteiger partial charge on any atom is -0.468 e. The van der Waals surface area contributed by atoms with E-state index >= 15 is 0 Å². The first-order chi connectivity index (χ1) is 9.58. The molecular formula is C15H21NO3S. The van der Waals surface area contributed by atoms with E-state index < -0.39 is 0 Å². The van der Waals surface area contributed by atoms with Crippen LogP contribution in [-0.2, 0) is 9.53 Å². The fraction of sp³-hybridized carbons (Fsp3) is 0.467. The normalized spacial score (nSPS) is 11.9. The van der Waals surface area contributed by atoms with Crippen LogP contribution in [0.1, 0.15) is 22.3 Å². The number of esters is 1. The van der Waals surface area contributed by atoms with E-state index in [1.807, 2.05) is 37.4 Å². The lowest BCUT2D eigenvalue weighted by atomic mass is 10.1. The number of hydrogen-bond acceptors (Lipinski definition) is 5. The highest BCUT2D eigenvalue weighted by molar-refractivity contribution is 7.98. The van der Waals surface area contributed by atoms with Gasteiger partial charge in [-0.15, -0.1) is 0 Å². The summed E-state index contributed by atoms with van der Waals surface area (Å²) in [6.07, 6.45) is 2.29. The minimum atomic E-state index is -0.360. The number of rotatable bonds is 8. The van der Waals surface area contributed by atoms with E-state index in [1.165, 1.54) is 7.11 Å². The molecule has 0 heterocycles. The standard InChI is InChI=1S/C15H21NO3S/c1-11-4-6-12(7-5-11)14(17)8-9-16-13(10-20-3)15(18)19-2/h4-7,13,16H,8-10H2,1-3H3. The number of benzene rings is 1. The molecule has 0 aliphatic heterocycles. The van der Waals surface area contributed by atoms with Crippen molar-refractivity contribution in [2.45, 2.75) is 19.4 Å². The van der Waals surface area contributed by atoms with E-state index in [4.69, 9.17) is 4.74 Å². The number of nitrogens with one attached hydrogen (secondary N) is 1. The lowest BCUT2D eigenvalue weighted by molar-refractivity contribution is -0.142. The Morgan fingerprint density at radius 2 is 1.95 bits per heavy atom. The molecule has 1 atom stereocenters. The molecule has 20 heavy (non-hydrogen) atoms. The highest BCUT2D eigenvalue weighted by atomic mass is 32.2. The largest absolute Gasteiger partial charge is 0.468 e. The molecule has 0 saturated carbocycles. The summed E-state index contributed by atoms with van der Waals surface area (Å²) in [6.45, 7) is 2.45. The third-order valence-corrected chi connectivity index (χ3v) is 3.60. The van der Waals surface area contributed by atoms with Crippen molar-refractivity contribution in [2.24, 2.45) is 0 Å². The highest BCUT2D eigenvalue weighted by Crippen LogP contribution is 2.06. The van der Waals surface area contributed by atoms with Crippen LogP contribution < -0.4 is 5.32 Å². The van der Waals surface area contributed by atoms with Crippen LogP contribution in [0.5, 0.6) is 0 Å². The molecule has 0 aromatic heterocycles. The average Bonchev–Trinajstić information content (AvgIpc) is 2.46. The van der Waals surface area contributed by atoms with Gasteiger partial charge in [-0.25, -0.2) is 0 Å². The number of carbonyl (C=O) groups excluding carboxylic acids is 2. The molecule has 110 valence electrons. The Kier molecular flexibility index (Phi) is 7.33. The first-order valence-electron chi connectivity index (χ1n) is 6.48. The van der Waals surface area contributed by atoms with Gasteiger partial charge in [0.1, 0.15) is 6.04 Å². The Morgan fingerprint density at radius 3 is 2.50 bits per heavy atom. The van der Waals surface area contributed by atoms with E-state index in [9.17, 15) is 9.59 Å². The average molecular weight is 295 g/mol. The van der Waals surface area contributed by atoms with Gasteiger partial charge in [0.15, 0.2) is 5.78 Å². The van der Waals surface area contributed by atoms with Crippen LogP contribution in [0.15, 0.2) is 24.3 Å². The number of aryl methyl sites for hydroxylation is 1. The number of hydrogen-bond donors (Lipinski definition) is 1. The van der Waals surface area contributed by atoms with Gasteiger partial charge in [0.05, 0.1) is 7.11 Å². The fourth-order valence-electron chi connectivity index (χ4n) is 1.76. The highest BCUT2D eigenvalue weighted by Gasteiger charge is 2.18. The second-order valence-electron chi connectivity index (χ2n) is 4.52. The maximum Gasteiger partial charge on any atom is 0.323 e. The van der Waals surface area contributed by atoms with Gasteiger partial charge in [-0.05, 0) is 13.2 Å². The van der Waals surface area contributed by atoms with Crippen molar-refractivity contribution in [1.82, 2.24) is 5.32 Å². The van der Waals surface area contributed by atoms with Gasteiger partial charge < -0.3 is 10.1 Å². The number of ether oxygens (including phenoxy) is 1. The first-order valence-corrected chi connectivity index (χ1v) is 7.88. The molecule has 0 saturated heterocycles. The molecule has 1 unspecified atom stereocenters. The first kappa shape index (κ1) is 16.7. The molecule has 1 N–H and O–H groups in total. The van der Waals surface area contributed by atoms with Crippen LogP contribution in [0.2, 0.25) is 0 Å². The molecule has 5 heteroatoms. The lowest BCUT2D eigenvalue weighted by Gasteiger charge is -2.14. The summed E-state index contributed by atoms with van der Waals surface area (Å²) in [6, 6.07) is 7.15. The lowest BCUT2D eigenvalue weighted by Crippen LogP contribution is -2.40. The molecule has 0 aliphatic carbocycles. The number of Topliss-reactive ketones (excluding diaryl/α,β-unsaturated/α-hetero) is 1. The van der Waals surface area contributed by atoms with Crippen molar-refractivity contribution in [1.29, 1.82) is 0 Å². The quantitative estimate of drug-likeness (QED) is 0.588. The zero-order valence-corrected chi connectivity index (χ0v) is 13.0. The summed E-state index contributed by atoms with van der Waals surface area (Å²) in [4.78, 5) is 23.5. The van der Waals surface area contributed by atoms with E-state index in [2.05, 4.69) is 5.32 Å². The number of carbonyl (C=O) groups is 2. The monoisotopic (exact) mass is 295 g/mol. The van der Waals surface area contributed by atoms with Crippen LogP contribution in [0, 0.1) is 6.92 Å². The Labute approximate surface area is 124 Å². The topological polar surface area (TPSA) is 55.4 Å². The van der Waals surface area contributed by atoms with Crippen molar-refractivity contribution in [3.8, 4) is 0 Å². The third kappa shape index (κ3) is 5.35. The van der Waals surface area contributed by atoms with E-state index in [0.717, 1.165) is 5.56 Å². The van der Waals surface area contributed by atoms with E-state index in [1.54, 1.807) is 11.8 Å². The third-order valence-electron chi connectivity index (χ3n) is 2.94. The van der Waals surface area contributed by atoms with Crippen molar-refractivity contribution in [3.05, 3.63) is 35.4 Å². The number of thioether (sulfide) groups is 1. The maximum atomic E-state index is 12.0. The molecule has 1 rings (SSSR count). The van der Waals surface area contributed by atoms with Gasteiger partial charge in [-0.2, -0.15) is 11.8 Å². The second kappa shape index (κ2) is 8.76. The molecular weight excluding hydrogens is 274 g/mol. The zero-order chi connectivity index (χ0) is 15.0. The maximum absolute atomic E-state index is 12.0. The predicted octanol–water partition coefficient (Wildman–Crippen LogP) is 2.06. The Hall–Kier alpha value is -1.33. The van der Waals surface area contributed by atoms with Crippen LogP contribution in [0.25, 0.3) is 0 Å². The second-order valence-corrected chi connectivity index (χ2v) is 5.44. The van der Waals surface area contributed by atoms with Crippen molar-refractivity contribution in [3.63, 3.8) is 0 Å². The van der Waals surface area contributed by atoms with E-state index in [-0.39, 0.29) is 17.8 Å². The Balaban J connectivity index is 2.44. The zero-order valence-electron chi connectivity index (χ0n) is 12.1. The SMILES string of the molecule is COC(=O)C(CSC)NCCC(=O)c1ccc(C)cc1. The molecule has 1 aromatic carbocycles. The summed E-state index contributed by atoms with van der Waals surface area (Å²) in [5.41, 5.74) is 1.84. The predicted molar refractivity (Wildman–Crippen MR) is 82.3 cm³/mol. The molecule has 4 nitrogen and oxygen atoms in total. The number of ketones is 1. The van der Waals surface area contributed by atoms with Crippen molar-refractivity contribution in [2.75, 3.05) is 25.7 Å². The summed E-state index contributed by atoms with van der Waals surface area (Å²) in [7, 11) is 1.37. The van der Waals surface area contributed by atoms with Crippen molar-refractivity contribution < 1.29 is 14.3 Å². The minimum absolute atomic E-state index is 0.0743. The molecule has 0 radical (unpaired) electrons. The van der Waals surface area contributed by atoms with Gasteiger partial charge >= 0.3 is 5.97 Å². The number of methoxy groups -OCH3 is 1. The molecule has 0 bridgehead atoms. The van der Waals surface area contributed by atoms with E-state index in [0.29, 0.717) is 24.3 Å². The summed E-state index contributed by atoms with van der Waals surface area (Å²) >= 11 is 1.56. The molecule has 0 amide bonds. The Morgan fingerprint density at radius 1 is 1.30 bits per heavy atom. The van der Waals surface area contributed by atoms with Crippen LogP contribution in [-0.4, -0.2) is 43.5 Å². The van der Waals surface area contributed by atoms with Crippen LogP contribution in [0.3, 0.4) is 0 Å². The smallest absolute Gasteiger partial charge is 0.323 e. The molecule has 0 spiro atoms. The molecule has 0 aliphatic rings. The summed E-state index contributed by atoms with van der Waals surface area (Å²) in [5, 5.41) is 3.07. The van der Waals surface area contributed by atoms with Gasteiger partial charge in [0.2, 0.25) is 0 Å². The van der Waals surface area contributed by atoms with Crippen LogP contribution >= 0.6 is 11.8 Å². The van der Waals surface area contributed by atoms with Gasteiger partial charge in [-0.3, -0.25) is 9.59 Å². The van der Waals surface area contributed by atoms with Gasteiger partial charge in [0.25, 0.3) is 0 Å². The Bertz CT molecular complexity index is 445. The van der Waals surface area contributed by atoms with Gasteiger partial charge in [0, 0.05) is 24.3 Å². The van der Waals surface area contributed by atoms with Crippen LogP contribution in [0.4, 0.5) is 0 Å². The van der Waals surface area contributed by atoms with Gasteiger partial charge in [-0.1, -0.05) is 29.8 Å². The van der Waals surface area contributed by atoms with Crippen molar-refractivity contribution >= 4 is 23.5 Å².